The first-order chi connectivity index (χ1) is 12.7. The average molecular weight is 376 g/mol. The molecule has 2 amide bonds. The number of hydrogen-bond acceptors (Lipinski definition) is 7. The van der Waals surface area contributed by atoms with Crippen LogP contribution in [-0.4, -0.2) is 80.3 Å². The Bertz CT molecular complexity index is 729. The van der Waals surface area contributed by atoms with Gasteiger partial charge in [-0.3, -0.25) is 4.79 Å². The molecule has 2 aromatic heterocycles. The van der Waals surface area contributed by atoms with Crippen molar-refractivity contribution in [1.29, 1.82) is 0 Å². The van der Waals surface area contributed by atoms with Crippen LogP contribution in [0.3, 0.4) is 0 Å². The first-order valence-electron chi connectivity index (χ1n) is 8.33. The Morgan fingerprint density at radius 2 is 1.92 bits per heavy atom. The highest BCUT2D eigenvalue weighted by Gasteiger charge is 2.24. The number of rotatable bonds is 5. The topological polar surface area (TPSA) is 93.5 Å². The largest absolute Gasteiger partial charge is 0.450 e. The molecule has 0 spiro atoms. The maximum atomic E-state index is 12.3. The quantitative estimate of drug-likeness (QED) is 0.720. The minimum absolute atomic E-state index is 0.0245. The molecule has 26 heavy (non-hydrogen) atoms. The van der Waals surface area contributed by atoms with Crippen LogP contribution in [0.15, 0.2) is 35.6 Å². The zero-order chi connectivity index (χ0) is 18.4. The maximum Gasteiger partial charge on any atom is 0.409 e. The fourth-order valence-electron chi connectivity index (χ4n) is 2.50. The highest BCUT2D eigenvalue weighted by Crippen LogP contribution is 2.16. The molecule has 1 saturated heterocycles. The molecule has 0 aliphatic carbocycles. The Labute approximate surface area is 155 Å². The highest BCUT2D eigenvalue weighted by atomic mass is 32.2. The number of nitrogens with zero attached hydrogens (tertiary/aromatic N) is 6. The van der Waals surface area contributed by atoms with E-state index in [9.17, 15) is 9.59 Å². The summed E-state index contributed by atoms with van der Waals surface area (Å²) in [5.74, 6) is 0.937. The maximum absolute atomic E-state index is 12.3. The normalized spacial score (nSPS) is 14.3. The molecule has 0 bridgehead atoms. The van der Waals surface area contributed by atoms with Crippen molar-refractivity contribution < 1.29 is 14.3 Å². The number of hydrogen-bond donors (Lipinski definition) is 0. The van der Waals surface area contributed by atoms with Crippen LogP contribution in [0, 0.1) is 0 Å². The zero-order valence-electron chi connectivity index (χ0n) is 14.4. The Morgan fingerprint density at radius 3 is 2.54 bits per heavy atom. The van der Waals surface area contributed by atoms with E-state index >= 15 is 0 Å². The van der Waals surface area contributed by atoms with E-state index in [0.29, 0.717) is 43.6 Å². The lowest BCUT2D eigenvalue weighted by atomic mass is 10.3. The van der Waals surface area contributed by atoms with E-state index in [-0.39, 0.29) is 17.8 Å². The Hall–Kier alpha value is -2.62. The van der Waals surface area contributed by atoms with Crippen LogP contribution in [-0.2, 0) is 9.53 Å². The standard InChI is InChI=1S/C16H20N6O3S/c1-2-25-16(24)21-10-8-20(9-11-21)15(23)12-26-14-5-4-13(18-19-14)22-7-3-6-17-22/h3-7H,2,8-12H2,1H3. The van der Waals surface area contributed by atoms with Crippen LogP contribution in [0.5, 0.6) is 0 Å². The van der Waals surface area contributed by atoms with Crippen molar-refractivity contribution in [3.8, 4) is 5.82 Å². The van der Waals surface area contributed by atoms with Crippen LogP contribution in [0.25, 0.3) is 5.82 Å². The van der Waals surface area contributed by atoms with Gasteiger partial charge in [0.15, 0.2) is 5.82 Å². The van der Waals surface area contributed by atoms with E-state index in [1.54, 1.807) is 33.8 Å². The van der Waals surface area contributed by atoms with Gasteiger partial charge in [-0.05, 0) is 25.1 Å². The third-order valence-corrected chi connectivity index (χ3v) is 4.77. The first kappa shape index (κ1) is 18.2. The fraction of sp³-hybridized carbons (Fsp3) is 0.438. The van der Waals surface area contributed by atoms with Crippen LogP contribution < -0.4 is 0 Å². The third kappa shape index (κ3) is 4.51. The first-order valence-corrected chi connectivity index (χ1v) is 9.32. The van der Waals surface area contributed by atoms with Crippen molar-refractivity contribution in [2.24, 2.45) is 0 Å². The van der Waals surface area contributed by atoms with E-state index in [1.807, 2.05) is 18.2 Å². The van der Waals surface area contributed by atoms with Gasteiger partial charge in [0, 0.05) is 38.6 Å². The van der Waals surface area contributed by atoms with E-state index in [1.165, 1.54) is 11.8 Å². The summed E-state index contributed by atoms with van der Waals surface area (Å²) in [6.45, 7) is 4.15. The molecule has 0 aromatic carbocycles. The van der Waals surface area contributed by atoms with Crippen LogP contribution >= 0.6 is 11.8 Å². The second kappa shape index (κ2) is 8.65. The minimum Gasteiger partial charge on any atom is -0.450 e. The number of piperazine rings is 1. The van der Waals surface area contributed by atoms with Crippen molar-refractivity contribution in [3.05, 3.63) is 30.6 Å². The van der Waals surface area contributed by atoms with Crippen LogP contribution in [0.1, 0.15) is 6.92 Å². The third-order valence-electron chi connectivity index (χ3n) is 3.87. The number of carbonyl (C=O) groups excluding carboxylic acids is 2. The second-order valence-electron chi connectivity index (χ2n) is 5.54. The van der Waals surface area contributed by atoms with Gasteiger partial charge in [0.2, 0.25) is 5.91 Å². The number of thioether (sulfide) groups is 1. The minimum atomic E-state index is -0.318. The van der Waals surface area contributed by atoms with Crippen molar-refractivity contribution >= 4 is 23.8 Å². The predicted molar refractivity (Wildman–Crippen MR) is 95.1 cm³/mol. The smallest absolute Gasteiger partial charge is 0.409 e. The van der Waals surface area contributed by atoms with Gasteiger partial charge in [-0.25, -0.2) is 9.48 Å². The van der Waals surface area contributed by atoms with Crippen molar-refractivity contribution in [3.63, 3.8) is 0 Å². The average Bonchev–Trinajstić information content (AvgIpc) is 3.21. The number of ether oxygens (including phenoxy) is 1. The summed E-state index contributed by atoms with van der Waals surface area (Å²) in [6, 6.07) is 5.44. The second-order valence-corrected chi connectivity index (χ2v) is 6.53. The molecule has 1 aliphatic heterocycles. The predicted octanol–water partition coefficient (Wildman–Crippen LogP) is 1.06. The lowest BCUT2D eigenvalue weighted by Crippen LogP contribution is -2.51. The van der Waals surface area contributed by atoms with Gasteiger partial charge < -0.3 is 14.5 Å². The van der Waals surface area contributed by atoms with Crippen molar-refractivity contribution in [2.45, 2.75) is 11.9 Å². The zero-order valence-corrected chi connectivity index (χ0v) is 15.3. The molecule has 138 valence electrons. The lowest BCUT2D eigenvalue weighted by Gasteiger charge is -2.34. The number of amides is 2. The molecule has 0 unspecified atom stereocenters. The van der Waals surface area contributed by atoms with E-state index in [4.69, 9.17) is 4.74 Å². The summed E-state index contributed by atoms with van der Waals surface area (Å²) >= 11 is 1.34. The fourth-order valence-corrected chi connectivity index (χ4v) is 3.21. The SMILES string of the molecule is CCOC(=O)N1CCN(C(=O)CSc2ccc(-n3cccn3)nn2)CC1. The molecule has 2 aromatic rings. The summed E-state index contributed by atoms with van der Waals surface area (Å²) in [5.41, 5.74) is 0. The van der Waals surface area contributed by atoms with Gasteiger partial charge in [-0.15, -0.1) is 10.2 Å². The van der Waals surface area contributed by atoms with Gasteiger partial charge >= 0.3 is 6.09 Å². The monoisotopic (exact) mass is 376 g/mol. The summed E-state index contributed by atoms with van der Waals surface area (Å²) in [6.07, 6.45) is 3.14. The molecular weight excluding hydrogens is 356 g/mol. The van der Waals surface area contributed by atoms with Crippen molar-refractivity contribution in [2.75, 3.05) is 38.5 Å². The van der Waals surface area contributed by atoms with E-state index < -0.39 is 0 Å². The van der Waals surface area contributed by atoms with Gasteiger partial charge in [0.25, 0.3) is 0 Å². The van der Waals surface area contributed by atoms with Crippen LogP contribution in [0.2, 0.25) is 0 Å². The summed E-state index contributed by atoms with van der Waals surface area (Å²) < 4.78 is 6.60. The molecular formula is C16H20N6O3S. The summed E-state index contributed by atoms with van der Waals surface area (Å²) in [4.78, 5) is 27.4. The highest BCUT2D eigenvalue weighted by molar-refractivity contribution is 7.99. The van der Waals surface area contributed by atoms with E-state index in [2.05, 4.69) is 15.3 Å². The van der Waals surface area contributed by atoms with Gasteiger partial charge in [-0.1, -0.05) is 11.8 Å². The molecule has 0 N–H and O–H groups in total. The van der Waals surface area contributed by atoms with Gasteiger partial charge in [-0.2, -0.15) is 5.10 Å². The molecule has 1 aliphatic rings. The molecule has 0 radical (unpaired) electrons. The molecule has 3 rings (SSSR count). The van der Waals surface area contributed by atoms with Crippen LogP contribution in [0.4, 0.5) is 4.79 Å². The Morgan fingerprint density at radius 1 is 1.15 bits per heavy atom. The molecule has 10 heteroatoms. The van der Waals surface area contributed by atoms with Gasteiger partial charge in [0.05, 0.1) is 12.4 Å². The summed E-state index contributed by atoms with van der Waals surface area (Å²) in [7, 11) is 0. The van der Waals surface area contributed by atoms with E-state index in [0.717, 1.165) is 0 Å². The molecule has 1 fully saturated rings. The molecule has 3 heterocycles. The molecule has 0 saturated carbocycles. The van der Waals surface area contributed by atoms with Gasteiger partial charge in [0.1, 0.15) is 5.03 Å². The lowest BCUT2D eigenvalue weighted by molar-refractivity contribution is -0.129. The Balaban J connectivity index is 1.45. The van der Waals surface area contributed by atoms with Crippen molar-refractivity contribution in [1.82, 2.24) is 29.8 Å². The molecule has 0 atom stereocenters. The summed E-state index contributed by atoms with van der Waals surface area (Å²) in [5, 5.41) is 13.0. The number of aromatic nitrogens is 4. The number of carbonyl (C=O) groups is 2. The Kier molecular flexibility index (Phi) is 6.05. The molecule has 9 nitrogen and oxygen atoms in total.